The van der Waals surface area contributed by atoms with Crippen molar-refractivity contribution in [3.63, 3.8) is 0 Å². The van der Waals surface area contributed by atoms with Gasteiger partial charge in [-0.1, -0.05) is 0 Å². The predicted octanol–water partition coefficient (Wildman–Crippen LogP) is 2.97. The summed E-state index contributed by atoms with van der Waals surface area (Å²) in [6.45, 7) is 1.87. The van der Waals surface area contributed by atoms with E-state index in [-0.39, 0.29) is 5.91 Å². The lowest BCUT2D eigenvalue weighted by Gasteiger charge is -2.07. The molecule has 0 radical (unpaired) electrons. The minimum Gasteiger partial charge on any atom is -0.320 e. The number of hydrogen-bond donors (Lipinski definition) is 3. The largest absolute Gasteiger partial charge is 0.320 e. The van der Waals surface area contributed by atoms with Crippen LogP contribution in [0.25, 0.3) is 22.0 Å². The summed E-state index contributed by atoms with van der Waals surface area (Å²) in [5, 5.41) is 20.1. The van der Waals surface area contributed by atoms with Crippen LogP contribution >= 0.6 is 11.3 Å². The summed E-state index contributed by atoms with van der Waals surface area (Å²) >= 11 is 1.45. The third-order valence-electron chi connectivity index (χ3n) is 3.49. The summed E-state index contributed by atoms with van der Waals surface area (Å²) in [5.41, 5.74) is 3.80. The molecule has 0 atom stereocenters. The van der Waals surface area contributed by atoms with Crippen molar-refractivity contribution in [3.8, 4) is 11.1 Å². The van der Waals surface area contributed by atoms with Crippen molar-refractivity contribution in [2.24, 2.45) is 0 Å². The number of thiazole rings is 1. The minimum absolute atomic E-state index is 0.235. The molecule has 0 fully saturated rings. The summed E-state index contributed by atoms with van der Waals surface area (Å²) in [4.78, 5) is 16.6. The number of nitrogens with zero attached hydrogens (tertiary/aromatic N) is 3. The lowest BCUT2D eigenvalue weighted by atomic mass is 10.1. The van der Waals surface area contributed by atoms with Crippen LogP contribution in [0.1, 0.15) is 15.5 Å². The van der Waals surface area contributed by atoms with Gasteiger partial charge in [-0.05, 0) is 24.6 Å². The monoisotopic (exact) mass is 324 g/mol. The number of H-pyrrole nitrogens is 2. The highest BCUT2D eigenvalue weighted by Crippen LogP contribution is 2.29. The number of fused-ring (bicyclic) bond motifs is 1. The maximum absolute atomic E-state index is 12.4. The Balaban J connectivity index is 1.76. The van der Waals surface area contributed by atoms with Gasteiger partial charge in [0.25, 0.3) is 5.91 Å². The smallest absolute Gasteiger partial charge is 0.275 e. The summed E-state index contributed by atoms with van der Waals surface area (Å²) in [6, 6.07) is 3.87. The first-order valence-electron chi connectivity index (χ1n) is 6.90. The van der Waals surface area contributed by atoms with Crippen LogP contribution in [-0.2, 0) is 0 Å². The lowest BCUT2D eigenvalue weighted by molar-refractivity contribution is 0.102. The molecule has 0 aliphatic heterocycles. The first-order valence-corrected chi connectivity index (χ1v) is 7.78. The van der Waals surface area contributed by atoms with E-state index in [1.54, 1.807) is 24.0 Å². The Kier molecular flexibility index (Phi) is 3.16. The molecule has 0 bridgehead atoms. The van der Waals surface area contributed by atoms with Gasteiger partial charge in [0.05, 0.1) is 28.6 Å². The molecule has 0 saturated heterocycles. The molecule has 114 valence electrons. The molecule has 1 aromatic carbocycles. The summed E-state index contributed by atoms with van der Waals surface area (Å²) < 4.78 is 0. The molecule has 0 saturated carbocycles. The number of amides is 1. The molecule has 3 heterocycles. The van der Waals surface area contributed by atoms with Crippen LogP contribution in [0.4, 0.5) is 5.69 Å². The second-order valence-electron chi connectivity index (χ2n) is 5.05. The molecule has 4 aromatic rings. The first kappa shape index (κ1) is 13.6. The van der Waals surface area contributed by atoms with E-state index < -0.39 is 0 Å². The maximum atomic E-state index is 12.4. The number of benzene rings is 1. The first-order chi connectivity index (χ1) is 11.2. The second kappa shape index (κ2) is 5.33. The fraction of sp³-hybridized carbons (Fsp3) is 0.0667. The standard InChI is InChI=1S/C15H12N6OS/c1-8-19-14(7-23-8)15(22)20-12-2-9(10-4-16-17-5-10)3-13-11(12)6-18-21-13/h2-7H,1H3,(H,16,17)(H,18,21)(H,20,22). The SMILES string of the molecule is Cc1nc(C(=O)Nc2cc(-c3cn[nH]c3)cc3[nH]ncc23)cs1. The number of aromatic nitrogens is 5. The van der Waals surface area contributed by atoms with E-state index >= 15 is 0 Å². The van der Waals surface area contributed by atoms with Crippen molar-refractivity contribution in [2.75, 3.05) is 5.32 Å². The van der Waals surface area contributed by atoms with Crippen LogP contribution in [0, 0.1) is 6.92 Å². The van der Waals surface area contributed by atoms with Crippen molar-refractivity contribution in [3.05, 3.63) is 46.8 Å². The summed E-state index contributed by atoms with van der Waals surface area (Å²) in [6.07, 6.45) is 5.22. The van der Waals surface area contributed by atoms with E-state index in [9.17, 15) is 4.79 Å². The Labute approximate surface area is 134 Å². The Bertz CT molecular complexity index is 985. The third kappa shape index (κ3) is 2.49. The fourth-order valence-corrected chi connectivity index (χ4v) is 2.98. The molecule has 1 amide bonds. The molecule has 0 unspecified atom stereocenters. The average Bonchev–Trinajstić information content (AvgIpc) is 3.28. The lowest BCUT2D eigenvalue weighted by Crippen LogP contribution is -2.12. The average molecular weight is 324 g/mol. The van der Waals surface area contributed by atoms with E-state index in [1.807, 2.05) is 19.1 Å². The molecule has 0 aliphatic carbocycles. The minimum atomic E-state index is -0.235. The molecule has 7 nitrogen and oxygen atoms in total. The van der Waals surface area contributed by atoms with Crippen LogP contribution < -0.4 is 5.32 Å². The van der Waals surface area contributed by atoms with Crippen LogP contribution in [-0.4, -0.2) is 31.3 Å². The van der Waals surface area contributed by atoms with E-state index in [4.69, 9.17) is 0 Å². The Morgan fingerprint density at radius 1 is 1.22 bits per heavy atom. The zero-order valence-electron chi connectivity index (χ0n) is 12.1. The number of nitrogens with one attached hydrogen (secondary N) is 3. The Morgan fingerprint density at radius 3 is 2.87 bits per heavy atom. The number of rotatable bonds is 3. The van der Waals surface area contributed by atoms with E-state index in [0.717, 1.165) is 27.0 Å². The molecular formula is C15H12N6OS. The van der Waals surface area contributed by atoms with Crippen molar-refractivity contribution in [1.82, 2.24) is 25.4 Å². The topological polar surface area (TPSA) is 99.4 Å². The van der Waals surface area contributed by atoms with Gasteiger partial charge in [-0.3, -0.25) is 15.0 Å². The van der Waals surface area contributed by atoms with Gasteiger partial charge < -0.3 is 5.32 Å². The highest BCUT2D eigenvalue weighted by molar-refractivity contribution is 7.09. The van der Waals surface area contributed by atoms with Crippen LogP contribution in [0.2, 0.25) is 0 Å². The van der Waals surface area contributed by atoms with E-state index in [2.05, 4.69) is 30.7 Å². The van der Waals surface area contributed by atoms with Gasteiger partial charge in [0.2, 0.25) is 0 Å². The van der Waals surface area contributed by atoms with Gasteiger partial charge in [0, 0.05) is 22.5 Å². The molecule has 23 heavy (non-hydrogen) atoms. The quantitative estimate of drug-likeness (QED) is 0.539. The second-order valence-corrected chi connectivity index (χ2v) is 6.11. The van der Waals surface area contributed by atoms with Crippen LogP contribution in [0.15, 0.2) is 36.1 Å². The number of carbonyl (C=O) groups excluding carboxylic acids is 1. The third-order valence-corrected chi connectivity index (χ3v) is 4.26. The van der Waals surface area contributed by atoms with Gasteiger partial charge in [-0.15, -0.1) is 11.3 Å². The molecule has 8 heteroatoms. The molecular weight excluding hydrogens is 312 g/mol. The van der Waals surface area contributed by atoms with Gasteiger partial charge in [-0.2, -0.15) is 10.2 Å². The predicted molar refractivity (Wildman–Crippen MR) is 88.5 cm³/mol. The maximum Gasteiger partial charge on any atom is 0.275 e. The highest BCUT2D eigenvalue weighted by Gasteiger charge is 2.14. The molecule has 3 aromatic heterocycles. The number of carbonyl (C=O) groups is 1. The Morgan fingerprint density at radius 2 is 2.13 bits per heavy atom. The van der Waals surface area contributed by atoms with Gasteiger partial charge in [0.1, 0.15) is 5.69 Å². The van der Waals surface area contributed by atoms with Crippen molar-refractivity contribution < 1.29 is 4.79 Å². The summed E-state index contributed by atoms with van der Waals surface area (Å²) in [5.74, 6) is -0.235. The number of aromatic amines is 2. The van der Waals surface area contributed by atoms with Gasteiger partial charge >= 0.3 is 0 Å². The molecule has 3 N–H and O–H groups in total. The molecule has 0 aliphatic rings. The Hall–Kier alpha value is -3.00. The van der Waals surface area contributed by atoms with Gasteiger partial charge in [-0.25, -0.2) is 4.98 Å². The fourth-order valence-electron chi connectivity index (χ4n) is 2.38. The highest BCUT2D eigenvalue weighted by atomic mass is 32.1. The number of anilines is 1. The van der Waals surface area contributed by atoms with Crippen molar-refractivity contribution in [1.29, 1.82) is 0 Å². The zero-order chi connectivity index (χ0) is 15.8. The van der Waals surface area contributed by atoms with Gasteiger partial charge in [0.15, 0.2) is 0 Å². The van der Waals surface area contributed by atoms with E-state index in [0.29, 0.717) is 11.4 Å². The summed E-state index contributed by atoms with van der Waals surface area (Å²) in [7, 11) is 0. The van der Waals surface area contributed by atoms with Crippen molar-refractivity contribution in [2.45, 2.75) is 6.92 Å². The normalized spacial score (nSPS) is 11.0. The van der Waals surface area contributed by atoms with Crippen LogP contribution in [0.5, 0.6) is 0 Å². The zero-order valence-corrected chi connectivity index (χ0v) is 12.9. The molecule has 4 rings (SSSR count). The van der Waals surface area contributed by atoms with Crippen LogP contribution in [0.3, 0.4) is 0 Å². The van der Waals surface area contributed by atoms with Crippen molar-refractivity contribution >= 4 is 33.8 Å². The van der Waals surface area contributed by atoms with E-state index in [1.165, 1.54) is 11.3 Å². The number of hydrogen-bond acceptors (Lipinski definition) is 5. The number of aryl methyl sites for hydroxylation is 1. The molecule has 0 spiro atoms.